The van der Waals surface area contributed by atoms with E-state index in [0.717, 1.165) is 0 Å². The molecule has 1 aliphatic carbocycles. The summed E-state index contributed by atoms with van der Waals surface area (Å²) in [7, 11) is 0. The lowest BCUT2D eigenvalue weighted by Crippen LogP contribution is -2.26. The summed E-state index contributed by atoms with van der Waals surface area (Å²) >= 11 is 5.84. The third-order valence-electron chi connectivity index (χ3n) is 2.91. The first-order valence-electron chi connectivity index (χ1n) is 6.05. The van der Waals surface area contributed by atoms with Crippen LogP contribution in [0.1, 0.15) is 23.3 Å². The number of carbonyl (C=O) groups is 1. The van der Waals surface area contributed by atoms with Crippen LogP contribution >= 0.6 is 11.6 Å². The van der Waals surface area contributed by atoms with Crippen LogP contribution in [0.5, 0.6) is 0 Å². The van der Waals surface area contributed by atoms with Crippen molar-refractivity contribution in [3.05, 3.63) is 35.5 Å². The lowest BCUT2D eigenvalue weighted by molar-refractivity contribution is 0.0946. The van der Waals surface area contributed by atoms with Crippen molar-refractivity contribution in [1.29, 1.82) is 0 Å². The van der Waals surface area contributed by atoms with Crippen LogP contribution in [0.3, 0.4) is 0 Å². The number of amides is 1. The molecular formula is C12H12ClN5O. The van der Waals surface area contributed by atoms with Crippen molar-refractivity contribution in [2.75, 3.05) is 6.54 Å². The Bertz CT molecular complexity index is 594. The highest BCUT2D eigenvalue weighted by atomic mass is 35.5. The van der Waals surface area contributed by atoms with Crippen LogP contribution in [0.2, 0.25) is 5.28 Å². The summed E-state index contributed by atoms with van der Waals surface area (Å²) in [6, 6.07) is 3.34. The van der Waals surface area contributed by atoms with Gasteiger partial charge in [0.05, 0.1) is 0 Å². The second kappa shape index (κ2) is 4.97. The van der Waals surface area contributed by atoms with Crippen LogP contribution in [0.25, 0.3) is 5.82 Å². The zero-order valence-corrected chi connectivity index (χ0v) is 10.8. The molecule has 6 nitrogen and oxygen atoms in total. The summed E-state index contributed by atoms with van der Waals surface area (Å²) in [5.41, 5.74) is 0.256. The van der Waals surface area contributed by atoms with Crippen molar-refractivity contribution >= 4 is 17.5 Å². The zero-order chi connectivity index (χ0) is 13.2. The van der Waals surface area contributed by atoms with Crippen molar-refractivity contribution in [2.45, 2.75) is 12.8 Å². The smallest absolute Gasteiger partial charge is 0.270 e. The maximum absolute atomic E-state index is 12.0. The van der Waals surface area contributed by atoms with Crippen molar-refractivity contribution < 1.29 is 4.79 Å². The number of carbonyl (C=O) groups excluding carboxylic acids is 1. The van der Waals surface area contributed by atoms with Gasteiger partial charge in [-0.2, -0.15) is 10.1 Å². The molecule has 1 N–H and O–H groups in total. The number of nitrogens with zero attached hydrogens (tertiary/aromatic N) is 4. The molecule has 2 aromatic rings. The predicted octanol–water partition coefficient (Wildman–Crippen LogP) is 1.46. The van der Waals surface area contributed by atoms with Gasteiger partial charge in [-0.15, -0.1) is 0 Å². The molecule has 0 spiro atoms. The van der Waals surface area contributed by atoms with Crippen LogP contribution in [-0.4, -0.2) is 32.2 Å². The lowest BCUT2D eigenvalue weighted by atomic mass is 10.3. The summed E-state index contributed by atoms with van der Waals surface area (Å²) < 4.78 is 1.53. The quantitative estimate of drug-likeness (QED) is 0.859. The van der Waals surface area contributed by atoms with Crippen LogP contribution in [0.4, 0.5) is 0 Å². The maximum Gasteiger partial charge on any atom is 0.270 e. The van der Waals surface area contributed by atoms with Crippen molar-refractivity contribution in [2.24, 2.45) is 5.92 Å². The second-order valence-corrected chi connectivity index (χ2v) is 4.82. The molecular weight excluding hydrogens is 266 g/mol. The van der Waals surface area contributed by atoms with Gasteiger partial charge in [0, 0.05) is 25.0 Å². The molecule has 98 valence electrons. The molecule has 0 unspecified atom stereocenters. The largest absolute Gasteiger partial charge is 0.350 e. The van der Waals surface area contributed by atoms with Gasteiger partial charge in [0.25, 0.3) is 5.91 Å². The molecule has 0 aromatic carbocycles. The van der Waals surface area contributed by atoms with Crippen LogP contribution in [-0.2, 0) is 0 Å². The highest BCUT2D eigenvalue weighted by Gasteiger charge is 2.22. The molecule has 2 heterocycles. The first-order valence-corrected chi connectivity index (χ1v) is 6.43. The van der Waals surface area contributed by atoms with Gasteiger partial charge < -0.3 is 5.32 Å². The Hall–Kier alpha value is -1.95. The molecule has 1 saturated carbocycles. The van der Waals surface area contributed by atoms with E-state index >= 15 is 0 Å². The van der Waals surface area contributed by atoms with Gasteiger partial charge in [-0.05, 0) is 36.4 Å². The van der Waals surface area contributed by atoms with Crippen molar-refractivity contribution in [1.82, 2.24) is 25.1 Å². The van der Waals surface area contributed by atoms with Crippen LogP contribution in [0.15, 0.2) is 24.5 Å². The van der Waals surface area contributed by atoms with Gasteiger partial charge in [0.2, 0.25) is 5.28 Å². The Morgan fingerprint density at radius 2 is 2.32 bits per heavy atom. The summed E-state index contributed by atoms with van der Waals surface area (Å²) in [6.45, 7) is 0.692. The van der Waals surface area contributed by atoms with E-state index in [1.807, 2.05) is 0 Å². The highest BCUT2D eigenvalue weighted by Crippen LogP contribution is 2.27. The summed E-state index contributed by atoms with van der Waals surface area (Å²) in [5.74, 6) is 0.859. The summed E-state index contributed by atoms with van der Waals surface area (Å²) in [4.78, 5) is 19.9. The Balaban J connectivity index is 1.82. The van der Waals surface area contributed by atoms with Gasteiger partial charge in [-0.25, -0.2) is 9.67 Å². The minimum Gasteiger partial charge on any atom is -0.350 e. The fourth-order valence-electron chi connectivity index (χ4n) is 1.69. The lowest BCUT2D eigenvalue weighted by Gasteiger charge is -2.06. The number of nitrogens with one attached hydrogen (secondary N) is 1. The Morgan fingerprint density at radius 3 is 3.00 bits per heavy atom. The molecule has 7 heteroatoms. The molecule has 3 rings (SSSR count). The zero-order valence-electron chi connectivity index (χ0n) is 10.1. The fraction of sp³-hybridized carbons (Fsp3) is 0.333. The first kappa shape index (κ1) is 12.1. The number of aromatic nitrogens is 4. The Labute approximate surface area is 114 Å². The highest BCUT2D eigenvalue weighted by molar-refractivity contribution is 6.28. The second-order valence-electron chi connectivity index (χ2n) is 4.48. The van der Waals surface area contributed by atoms with E-state index in [9.17, 15) is 4.79 Å². The molecule has 0 aliphatic heterocycles. The first-order chi connectivity index (χ1) is 9.22. The van der Waals surface area contributed by atoms with Gasteiger partial charge in [0.15, 0.2) is 5.82 Å². The molecule has 0 atom stereocenters. The predicted molar refractivity (Wildman–Crippen MR) is 69.2 cm³/mol. The van der Waals surface area contributed by atoms with Gasteiger partial charge in [0.1, 0.15) is 5.69 Å². The van der Waals surface area contributed by atoms with E-state index in [2.05, 4.69) is 20.4 Å². The van der Waals surface area contributed by atoms with Crippen LogP contribution in [0, 0.1) is 5.92 Å². The van der Waals surface area contributed by atoms with E-state index in [-0.39, 0.29) is 16.9 Å². The van der Waals surface area contributed by atoms with Crippen LogP contribution < -0.4 is 5.32 Å². The van der Waals surface area contributed by atoms with Gasteiger partial charge >= 0.3 is 0 Å². The van der Waals surface area contributed by atoms with E-state index < -0.39 is 0 Å². The normalized spacial score (nSPS) is 14.4. The Kier molecular flexibility index (Phi) is 3.16. The molecule has 0 radical (unpaired) electrons. The summed E-state index contributed by atoms with van der Waals surface area (Å²) in [6.07, 6.45) is 5.72. The van der Waals surface area contributed by atoms with Crippen molar-refractivity contribution in [3.63, 3.8) is 0 Å². The fourth-order valence-corrected chi connectivity index (χ4v) is 1.87. The van der Waals surface area contributed by atoms with E-state index in [0.29, 0.717) is 18.3 Å². The number of rotatable bonds is 4. The number of hydrogen-bond donors (Lipinski definition) is 1. The third-order valence-corrected chi connectivity index (χ3v) is 3.07. The molecule has 2 aromatic heterocycles. The molecule has 19 heavy (non-hydrogen) atoms. The van der Waals surface area contributed by atoms with E-state index in [1.165, 1.54) is 17.5 Å². The average Bonchev–Trinajstić information content (AvgIpc) is 3.06. The SMILES string of the molecule is O=C(NCC1CC1)c1cc(-n2cccn2)nc(Cl)n1. The third kappa shape index (κ3) is 2.90. The Morgan fingerprint density at radius 1 is 1.47 bits per heavy atom. The molecule has 1 aliphatic rings. The van der Waals surface area contributed by atoms with Crippen molar-refractivity contribution in [3.8, 4) is 5.82 Å². The monoisotopic (exact) mass is 277 g/mol. The maximum atomic E-state index is 12.0. The molecule has 1 amide bonds. The van der Waals surface area contributed by atoms with E-state index in [1.54, 1.807) is 24.5 Å². The minimum atomic E-state index is -0.232. The number of hydrogen-bond acceptors (Lipinski definition) is 4. The summed E-state index contributed by atoms with van der Waals surface area (Å²) in [5, 5.41) is 6.92. The standard InChI is InChI=1S/C12H12ClN5O/c13-12-16-9(11(19)14-7-8-2-3-8)6-10(17-12)18-5-1-4-15-18/h1,4-6,8H,2-3,7H2,(H,14,19). The van der Waals surface area contributed by atoms with Gasteiger partial charge in [-0.1, -0.05) is 0 Å². The average molecular weight is 278 g/mol. The topological polar surface area (TPSA) is 72.7 Å². The van der Waals surface area contributed by atoms with Gasteiger partial charge in [-0.3, -0.25) is 4.79 Å². The molecule has 0 bridgehead atoms. The van der Waals surface area contributed by atoms with E-state index in [4.69, 9.17) is 11.6 Å². The minimum absolute atomic E-state index is 0.0320. The molecule has 0 saturated heterocycles. The number of halogens is 1. The molecule has 1 fully saturated rings.